The van der Waals surface area contributed by atoms with Gasteiger partial charge in [0, 0.05) is 25.6 Å². The van der Waals surface area contributed by atoms with E-state index in [1.807, 2.05) is 0 Å². The van der Waals surface area contributed by atoms with E-state index >= 15 is 8.78 Å². The summed E-state index contributed by atoms with van der Waals surface area (Å²) in [5.74, 6) is -0.785. The number of fused-ring (bicyclic) bond motifs is 1. The van der Waals surface area contributed by atoms with Gasteiger partial charge in [-0.1, -0.05) is 0 Å². The standard InChI is InChI=1S/C19H30F2NO5P/c1-12-15-13(11-24-18(8,9)25-15)14(10-22-12)19(20,21)28(23,26-16(2,3)4)27-17(5,6)7/h10H,11H2,1-9H3. The third-order valence-corrected chi connectivity index (χ3v) is 6.19. The van der Waals surface area contributed by atoms with E-state index in [9.17, 15) is 4.57 Å². The molecule has 2 rings (SSSR count). The van der Waals surface area contributed by atoms with Gasteiger partial charge in [-0.15, -0.1) is 0 Å². The average molecular weight is 421 g/mol. The van der Waals surface area contributed by atoms with Crippen molar-refractivity contribution in [2.75, 3.05) is 0 Å². The maximum Gasteiger partial charge on any atom is 0.405 e. The second-order valence-corrected chi connectivity index (χ2v) is 11.2. The van der Waals surface area contributed by atoms with E-state index in [-0.39, 0.29) is 17.9 Å². The SMILES string of the molecule is Cc1ncc(C(F)(F)P(=O)(OC(C)(C)C)OC(C)(C)C)c2c1OC(C)(C)OC2. The highest BCUT2D eigenvalue weighted by Crippen LogP contribution is 2.70. The van der Waals surface area contributed by atoms with Crippen molar-refractivity contribution in [2.45, 2.75) is 91.6 Å². The summed E-state index contributed by atoms with van der Waals surface area (Å²) >= 11 is 0. The summed E-state index contributed by atoms with van der Waals surface area (Å²) in [4.78, 5) is 4.04. The summed E-state index contributed by atoms with van der Waals surface area (Å²) < 4.78 is 66.9. The summed E-state index contributed by atoms with van der Waals surface area (Å²) in [7, 11) is -4.97. The molecule has 6 nitrogen and oxygen atoms in total. The van der Waals surface area contributed by atoms with Gasteiger partial charge in [-0.2, -0.15) is 8.78 Å². The summed E-state index contributed by atoms with van der Waals surface area (Å²) in [6.45, 7) is 14.1. The van der Waals surface area contributed by atoms with Crippen molar-refractivity contribution in [3.63, 3.8) is 0 Å². The van der Waals surface area contributed by atoms with Crippen LogP contribution >= 0.6 is 7.60 Å². The van der Waals surface area contributed by atoms with Crippen LogP contribution in [0.1, 0.15) is 72.2 Å². The quantitative estimate of drug-likeness (QED) is 0.563. The lowest BCUT2D eigenvalue weighted by molar-refractivity contribution is -0.181. The van der Waals surface area contributed by atoms with Gasteiger partial charge < -0.3 is 9.47 Å². The molecule has 0 saturated heterocycles. The Bertz CT molecular complexity index is 777. The van der Waals surface area contributed by atoms with Crippen LogP contribution in [-0.2, 0) is 30.6 Å². The number of hydrogen-bond acceptors (Lipinski definition) is 6. The van der Waals surface area contributed by atoms with Gasteiger partial charge in [0.05, 0.1) is 29.1 Å². The Labute approximate surface area is 165 Å². The second kappa shape index (κ2) is 7.01. The monoisotopic (exact) mass is 421 g/mol. The van der Waals surface area contributed by atoms with Gasteiger partial charge in [-0.25, -0.2) is 0 Å². The first-order valence-electron chi connectivity index (χ1n) is 9.08. The molecular weight excluding hydrogens is 391 g/mol. The smallest absolute Gasteiger partial charge is 0.405 e. The lowest BCUT2D eigenvalue weighted by Gasteiger charge is -2.38. The Kier molecular flexibility index (Phi) is 5.81. The molecule has 0 fully saturated rings. The molecule has 1 aliphatic rings. The number of rotatable bonds is 4. The normalized spacial score (nSPS) is 17.8. The van der Waals surface area contributed by atoms with Crippen molar-refractivity contribution in [1.29, 1.82) is 0 Å². The van der Waals surface area contributed by atoms with Gasteiger partial charge in [0.1, 0.15) is 5.75 Å². The molecule has 0 radical (unpaired) electrons. The van der Waals surface area contributed by atoms with Crippen LogP contribution in [0.2, 0.25) is 0 Å². The molecule has 0 spiro atoms. The van der Waals surface area contributed by atoms with Crippen LogP contribution in [0, 0.1) is 6.92 Å². The molecule has 0 atom stereocenters. The minimum atomic E-state index is -4.97. The van der Waals surface area contributed by atoms with Gasteiger partial charge in [0.15, 0.2) is 0 Å². The summed E-state index contributed by atoms with van der Waals surface area (Å²) in [5, 5.41) is 0. The molecule has 9 heteroatoms. The molecule has 2 heterocycles. The van der Waals surface area contributed by atoms with E-state index in [4.69, 9.17) is 18.5 Å². The Hall–Kier alpha value is -1.08. The average Bonchev–Trinajstić information content (AvgIpc) is 2.43. The first kappa shape index (κ1) is 23.2. The van der Waals surface area contributed by atoms with Gasteiger partial charge >= 0.3 is 13.3 Å². The van der Waals surface area contributed by atoms with Crippen LogP contribution < -0.4 is 4.74 Å². The van der Waals surface area contributed by atoms with E-state index in [1.165, 1.54) is 0 Å². The zero-order valence-electron chi connectivity index (χ0n) is 18.0. The minimum Gasteiger partial charge on any atom is -0.461 e. The number of pyridine rings is 1. The predicted molar refractivity (Wildman–Crippen MR) is 102 cm³/mol. The molecule has 0 saturated carbocycles. The van der Waals surface area contributed by atoms with Crippen molar-refractivity contribution in [1.82, 2.24) is 4.98 Å². The van der Waals surface area contributed by atoms with E-state index in [2.05, 4.69) is 4.98 Å². The minimum absolute atomic E-state index is 0.0899. The molecule has 0 bridgehead atoms. The van der Waals surface area contributed by atoms with Crippen molar-refractivity contribution >= 4 is 7.60 Å². The number of halogens is 2. The van der Waals surface area contributed by atoms with Crippen LogP contribution in [0.15, 0.2) is 6.20 Å². The van der Waals surface area contributed by atoms with Crippen molar-refractivity contribution < 1.29 is 31.9 Å². The third-order valence-electron chi connectivity index (χ3n) is 3.68. The Balaban J connectivity index is 2.65. The fourth-order valence-corrected chi connectivity index (χ4v) is 4.90. The van der Waals surface area contributed by atoms with E-state index in [0.29, 0.717) is 5.69 Å². The van der Waals surface area contributed by atoms with E-state index in [1.54, 1.807) is 62.3 Å². The number of nitrogens with zero attached hydrogens (tertiary/aromatic N) is 1. The van der Waals surface area contributed by atoms with Gasteiger partial charge in [-0.3, -0.25) is 18.6 Å². The highest BCUT2D eigenvalue weighted by molar-refractivity contribution is 7.54. The molecule has 0 N–H and O–H groups in total. The van der Waals surface area contributed by atoms with Crippen LogP contribution in [0.4, 0.5) is 8.78 Å². The first-order valence-corrected chi connectivity index (χ1v) is 10.6. The highest BCUT2D eigenvalue weighted by atomic mass is 31.2. The van der Waals surface area contributed by atoms with E-state index < -0.39 is 35.8 Å². The molecule has 0 unspecified atom stereocenters. The fraction of sp³-hybridized carbons (Fsp3) is 0.737. The van der Waals surface area contributed by atoms with E-state index in [0.717, 1.165) is 6.20 Å². The molecule has 0 aromatic carbocycles. The van der Waals surface area contributed by atoms with Crippen LogP contribution in [0.5, 0.6) is 5.75 Å². The third kappa shape index (κ3) is 4.90. The lowest BCUT2D eigenvalue weighted by Crippen LogP contribution is -2.37. The second-order valence-electron chi connectivity index (χ2n) is 9.30. The molecule has 160 valence electrons. The topological polar surface area (TPSA) is 66.9 Å². The lowest BCUT2D eigenvalue weighted by atomic mass is 10.1. The van der Waals surface area contributed by atoms with Crippen molar-refractivity contribution in [2.24, 2.45) is 0 Å². The molecule has 0 aliphatic carbocycles. The van der Waals surface area contributed by atoms with Crippen molar-refractivity contribution in [3.8, 4) is 5.75 Å². The highest BCUT2D eigenvalue weighted by Gasteiger charge is 2.60. The molecule has 0 amide bonds. The summed E-state index contributed by atoms with van der Waals surface area (Å²) in [6.07, 6.45) is 0.990. The fourth-order valence-electron chi connectivity index (χ4n) is 2.70. The zero-order valence-corrected chi connectivity index (χ0v) is 18.9. The Morgan fingerprint density at radius 3 is 2.07 bits per heavy atom. The first-order chi connectivity index (χ1) is 12.4. The number of aromatic nitrogens is 1. The number of aryl methyl sites for hydroxylation is 1. The largest absolute Gasteiger partial charge is 0.461 e. The molecule has 1 aromatic heterocycles. The Morgan fingerprint density at radius 2 is 1.61 bits per heavy atom. The Morgan fingerprint density at radius 1 is 1.11 bits per heavy atom. The maximum atomic E-state index is 15.7. The molecular formula is C19H30F2NO5P. The van der Waals surface area contributed by atoms with Gasteiger partial charge in [0.2, 0.25) is 5.79 Å². The summed E-state index contributed by atoms with van der Waals surface area (Å²) in [5.41, 5.74) is -6.27. The molecule has 1 aromatic rings. The van der Waals surface area contributed by atoms with Crippen LogP contribution in [0.3, 0.4) is 0 Å². The van der Waals surface area contributed by atoms with Crippen LogP contribution in [0.25, 0.3) is 0 Å². The predicted octanol–water partition coefficient (Wildman–Crippen LogP) is 5.91. The van der Waals surface area contributed by atoms with Crippen molar-refractivity contribution in [3.05, 3.63) is 23.0 Å². The van der Waals surface area contributed by atoms with Gasteiger partial charge in [0.25, 0.3) is 0 Å². The zero-order chi connectivity index (χ0) is 21.8. The van der Waals surface area contributed by atoms with Gasteiger partial charge in [-0.05, 0) is 48.5 Å². The number of hydrogen-bond donors (Lipinski definition) is 0. The molecule has 1 aliphatic heterocycles. The number of ether oxygens (including phenoxy) is 2. The molecule has 28 heavy (non-hydrogen) atoms. The maximum absolute atomic E-state index is 15.7. The summed E-state index contributed by atoms with van der Waals surface area (Å²) in [6, 6.07) is 0. The van der Waals surface area contributed by atoms with Crippen LogP contribution in [-0.4, -0.2) is 22.0 Å². The number of alkyl halides is 2.